The smallest absolute Gasteiger partial charge is 0.264 e. The van der Waals surface area contributed by atoms with Gasteiger partial charge in [-0.25, -0.2) is 0 Å². The molecule has 0 radical (unpaired) electrons. The largest absolute Gasteiger partial charge is 0.483 e. The van der Waals surface area contributed by atoms with Crippen LogP contribution in [0, 0.1) is 0 Å². The predicted molar refractivity (Wildman–Crippen MR) is 79.0 cm³/mol. The number of ether oxygens (including phenoxy) is 1. The number of nitrogens with two attached hydrogens (primary N) is 1. The van der Waals surface area contributed by atoms with E-state index < -0.39 is 0 Å². The average Bonchev–Trinajstić information content (AvgIpc) is 3.25. The van der Waals surface area contributed by atoms with Crippen molar-refractivity contribution in [2.24, 2.45) is 5.73 Å². The third-order valence-electron chi connectivity index (χ3n) is 3.76. The topological polar surface area (TPSA) is 74.2 Å². The van der Waals surface area contributed by atoms with Crippen LogP contribution < -0.4 is 10.5 Å². The normalized spacial score (nSPS) is 15.9. The molecule has 112 valence electrons. The number of aromatic nitrogens is 2. The molecule has 0 spiro atoms. The van der Waals surface area contributed by atoms with Gasteiger partial charge in [-0.05, 0) is 37.3 Å². The molecule has 1 aromatic carbocycles. The molecule has 0 saturated heterocycles. The molecule has 1 unspecified atom stereocenters. The molecule has 1 atom stereocenters. The molecule has 1 heterocycles. The first kappa shape index (κ1) is 14.1. The second kappa shape index (κ2) is 6.26. The first-order chi connectivity index (χ1) is 10.3. The zero-order valence-electron chi connectivity index (χ0n) is 12.3. The minimum Gasteiger partial charge on any atom is -0.483 e. The molecule has 5 nitrogen and oxygen atoms in total. The van der Waals surface area contributed by atoms with E-state index in [1.165, 1.54) is 0 Å². The molecule has 3 rings (SSSR count). The summed E-state index contributed by atoms with van der Waals surface area (Å²) in [6.07, 6.45) is 4.09. The van der Waals surface area contributed by atoms with E-state index in [-0.39, 0.29) is 6.04 Å². The van der Waals surface area contributed by atoms with Gasteiger partial charge in [-0.2, -0.15) is 4.98 Å². The fraction of sp³-hybridized carbons (Fsp3) is 0.500. The summed E-state index contributed by atoms with van der Waals surface area (Å²) in [6.45, 7) is 2.39. The highest BCUT2D eigenvalue weighted by Crippen LogP contribution is 2.38. The second-order valence-electron chi connectivity index (χ2n) is 5.59. The van der Waals surface area contributed by atoms with Crippen LogP contribution in [0.2, 0.25) is 0 Å². The maximum absolute atomic E-state index is 6.03. The Labute approximate surface area is 124 Å². The van der Waals surface area contributed by atoms with Gasteiger partial charge in [0, 0.05) is 12.0 Å². The maximum Gasteiger partial charge on any atom is 0.264 e. The predicted octanol–water partition coefficient (Wildman–Crippen LogP) is 2.81. The van der Waals surface area contributed by atoms with Gasteiger partial charge in [0.05, 0.1) is 0 Å². The molecular weight excluding hydrogens is 266 g/mol. The van der Waals surface area contributed by atoms with Gasteiger partial charge < -0.3 is 15.0 Å². The molecule has 1 aromatic heterocycles. The molecule has 5 heteroatoms. The van der Waals surface area contributed by atoms with Crippen LogP contribution in [0.5, 0.6) is 5.75 Å². The molecule has 1 fully saturated rings. The summed E-state index contributed by atoms with van der Waals surface area (Å²) in [5, 5.41) is 3.99. The minimum atomic E-state index is 0.152. The van der Waals surface area contributed by atoms with E-state index in [0.29, 0.717) is 18.4 Å². The van der Waals surface area contributed by atoms with Gasteiger partial charge in [0.1, 0.15) is 5.75 Å². The van der Waals surface area contributed by atoms with Gasteiger partial charge in [-0.1, -0.05) is 30.3 Å². The Morgan fingerprint density at radius 2 is 2.19 bits per heavy atom. The first-order valence-electron chi connectivity index (χ1n) is 7.55. The van der Waals surface area contributed by atoms with Crippen molar-refractivity contribution in [2.75, 3.05) is 0 Å². The monoisotopic (exact) mass is 287 g/mol. The summed E-state index contributed by atoms with van der Waals surface area (Å²) < 4.78 is 11.0. The van der Waals surface area contributed by atoms with Gasteiger partial charge in [0.25, 0.3) is 5.89 Å². The summed E-state index contributed by atoms with van der Waals surface area (Å²) in [4.78, 5) is 4.37. The summed E-state index contributed by atoms with van der Waals surface area (Å²) in [5.74, 6) is 2.69. The second-order valence-corrected chi connectivity index (χ2v) is 5.59. The summed E-state index contributed by atoms with van der Waals surface area (Å²) in [6, 6.07) is 8.12. The molecule has 1 aliphatic rings. The Kier molecular flexibility index (Phi) is 4.20. The van der Waals surface area contributed by atoms with E-state index in [0.717, 1.165) is 42.8 Å². The van der Waals surface area contributed by atoms with Crippen LogP contribution in [-0.4, -0.2) is 16.2 Å². The van der Waals surface area contributed by atoms with Crippen LogP contribution in [-0.2, 0) is 13.0 Å². The van der Waals surface area contributed by atoms with E-state index >= 15 is 0 Å². The molecular formula is C16H21N3O2. The number of rotatable bonds is 7. The quantitative estimate of drug-likeness (QED) is 0.847. The highest BCUT2D eigenvalue weighted by atomic mass is 16.5. The van der Waals surface area contributed by atoms with Gasteiger partial charge in [-0.3, -0.25) is 0 Å². The number of benzene rings is 1. The van der Waals surface area contributed by atoms with E-state index in [9.17, 15) is 0 Å². The van der Waals surface area contributed by atoms with Crippen LogP contribution in [0.1, 0.15) is 49.4 Å². The van der Waals surface area contributed by atoms with Crippen molar-refractivity contribution in [3.8, 4) is 5.75 Å². The first-order valence-corrected chi connectivity index (χ1v) is 7.55. The molecule has 0 bridgehead atoms. The molecule has 1 aliphatic carbocycles. The van der Waals surface area contributed by atoms with Crippen LogP contribution >= 0.6 is 0 Å². The molecule has 2 aromatic rings. The van der Waals surface area contributed by atoms with E-state index in [2.05, 4.69) is 17.1 Å². The molecule has 1 saturated carbocycles. The lowest BCUT2D eigenvalue weighted by Gasteiger charge is -2.13. The van der Waals surface area contributed by atoms with Gasteiger partial charge in [-0.15, -0.1) is 0 Å². The van der Waals surface area contributed by atoms with Gasteiger partial charge >= 0.3 is 0 Å². The fourth-order valence-electron chi connectivity index (χ4n) is 2.21. The van der Waals surface area contributed by atoms with E-state index in [1.54, 1.807) is 0 Å². The third kappa shape index (κ3) is 3.61. The molecule has 2 N–H and O–H groups in total. The Hall–Kier alpha value is -1.88. The van der Waals surface area contributed by atoms with Crippen molar-refractivity contribution >= 4 is 0 Å². The number of hydrogen-bond acceptors (Lipinski definition) is 5. The highest BCUT2D eigenvalue weighted by molar-refractivity contribution is 5.34. The van der Waals surface area contributed by atoms with Crippen molar-refractivity contribution in [1.82, 2.24) is 10.1 Å². The average molecular weight is 287 g/mol. The van der Waals surface area contributed by atoms with E-state index in [4.69, 9.17) is 15.0 Å². The van der Waals surface area contributed by atoms with Crippen molar-refractivity contribution in [2.45, 2.75) is 51.2 Å². The van der Waals surface area contributed by atoms with E-state index in [1.807, 2.05) is 24.3 Å². The van der Waals surface area contributed by atoms with Crippen LogP contribution in [0.4, 0.5) is 0 Å². The number of nitrogens with zero attached hydrogens (tertiary/aromatic N) is 2. The number of hydrogen-bond donors (Lipinski definition) is 1. The van der Waals surface area contributed by atoms with Crippen molar-refractivity contribution in [3.63, 3.8) is 0 Å². The van der Waals surface area contributed by atoms with Crippen molar-refractivity contribution in [3.05, 3.63) is 41.5 Å². The molecule has 0 aliphatic heterocycles. The lowest BCUT2D eigenvalue weighted by Crippen LogP contribution is -2.21. The highest BCUT2D eigenvalue weighted by Gasteiger charge is 2.28. The number of para-hydroxylation sites is 1. The maximum atomic E-state index is 6.03. The van der Waals surface area contributed by atoms with Gasteiger partial charge in [0.2, 0.25) is 0 Å². The van der Waals surface area contributed by atoms with Crippen LogP contribution in [0.25, 0.3) is 0 Å². The lowest BCUT2D eigenvalue weighted by molar-refractivity contribution is 0.240. The Morgan fingerprint density at radius 3 is 2.95 bits per heavy atom. The van der Waals surface area contributed by atoms with Crippen LogP contribution in [0.15, 0.2) is 28.8 Å². The third-order valence-corrected chi connectivity index (χ3v) is 3.76. The van der Waals surface area contributed by atoms with Gasteiger partial charge in [0.15, 0.2) is 12.4 Å². The minimum absolute atomic E-state index is 0.152. The van der Waals surface area contributed by atoms with Crippen molar-refractivity contribution < 1.29 is 9.26 Å². The molecule has 0 amide bonds. The zero-order chi connectivity index (χ0) is 14.7. The van der Waals surface area contributed by atoms with Crippen molar-refractivity contribution in [1.29, 1.82) is 0 Å². The fourth-order valence-corrected chi connectivity index (χ4v) is 2.21. The zero-order valence-corrected chi connectivity index (χ0v) is 12.3. The molecule has 21 heavy (non-hydrogen) atoms. The summed E-state index contributed by atoms with van der Waals surface area (Å²) in [7, 11) is 0. The Morgan fingerprint density at radius 1 is 1.38 bits per heavy atom. The SMILES string of the molecule is CCC(N)Cc1ccccc1OCc1nc(C2CC2)no1. The standard InChI is InChI=1S/C16H21N3O2/c1-2-13(17)9-12-5-3-4-6-14(12)20-10-15-18-16(19-21-15)11-7-8-11/h3-6,11,13H,2,7-10,17H2,1H3. The van der Waals surface area contributed by atoms with Crippen LogP contribution in [0.3, 0.4) is 0 Å². The Bertz CT molecular complexity index is 593. The summed E-state index contributed by atoms with van der Waals surface area (Å²) in [5.41, 5.74) is 7.15. The summed E-state index contributed by atoms with van der Waals surface area (Å²) >= 11 is 0. The lowest BCUT2D eigenvalue weighted by atomic mass is 10.0. The Balaban J connectivity index is 1.63.